The van der Waals surface area contributed by atoms with Gasteiger partial charge in [-0.2, -0.15) is 0 Å². The number of fused-ring (bicyclic) bond motifs is 1. The van der Waals surface area contributed by atoms with E-state index in [1.165, 1.54) is 16.7 Å². The molecular formula is C25H23NO2. The van der Waals surface area contributed by atoms with E-state index in [0.717, 1.165) is 35.4 Å². The van der Waals surface area contributed by atoms with Gasteiger partial charge in [0.1, 0.15) is 5.75 Å². The zero-order valence-corrected chi connectivity index (χ0v) is 15.9. The number of hydrogen-bond donors (Lipinski definition) is 1. The van der Waals surface area contributed by atoms with E-state index < -0.39 is 0 Å². The molecule has 0 atom stereocenters. The third-order valence-electron chi connectivity index (χ3n) is 5.06. The van der Waals surface area contributed by atoms with E-state index >= 15 is 0 Å². The Balaban J connectivity index is 1.45. The van der Waals surface area contributed by atoms with Crippen LogP contribution in [-0.2, 0) is 17.6 Å². The minimum Gasteiger partial charge on any atom is -0.497 e. The monoisotopic (exact) mass is 369 g/mol. The van der Waals surface area contributed by atoms with Crippen LogP contribution in [0.4, 0.5) is 5.69 Å². The number of aryl methyl sites for hydroxylation is 1. The van der Waals surface area contributed by atoms with Crippen molar-refractivity contribution >= 4 is 17.7 Å². The maximum Gasteiger partial charge on any atom is 0.228 e. The number of carbonyl (C=O) groups excluding carboxylic acids is 1. The van der Waals surface area contributed by atoms with Gasteiger partial charge in [0.2, 0.25) is 5.91 Å². The van der Waals surface area contributed by atoms with Crippen molar-refractivity contribution in [3.8, 4) is 16.9 Å². The molecule has 3 nitrogen and oxygen atoms in total. The van der Waals surface area contributed by atoms with Gasteiger partial charge < -0.3 is 10.1 Å². The molecule has 1 aliphatic carbocycles. The second-order valence-corrected chi connectivity index (χ2v) is 6.97. The Morgan fingerprint density at radius 3 is 2.54 bits per heavy atom. The Labute approximate surface area is 165 Å². The molecule has 0 unspecified atom stereocenters. The van der Waals surface area contributed by atoms with Crippen molar-refractivity contribution in [1.82, 2.24) is 0 Å². The first-order valence-electron chi connectivity index (χ1n) is 9.54. The predicted octanol–water partition coefficient (Wildman–Crippen LogP) is 5.50. The number of benzene rings is 3. The number of amides is 1. The third kappa shape index (κ3) is 3.99. The number of rotatable bonds is 5. The maximum absolute atomic E-state index is 12.3. The van der Waals surface area contributed by atoms with Crippen molar-refractivity contribution in [3.63, 3.8) is 0 Å². The quantitative estimate of drug-likeness (QED) is 0.645. The van der Waals surface area contributed by atoms with Crippen LogP contribution < -0.4 is 10.1 Å². The van der Waals surface area contributed by atoms with E-state index in [1.54, 1.807) is 7.11 Å². The van der Waals surface area contributed by atoms with Gasteiger partial charge >= 0.3 is 0 Å². The smallest absolute Gasteiger partial charge is 0.228 e. The molecular weight excluding hydrogens is 346 g/mol. The second-order valence-electron chi connectivity index (χ2n) is 6.97. The Kier molecular flexibility index (Phi) is 5.24. The fourth-order valence-corrected chi connectivity index (χ4v) is 3.59. The number of anilines is 1. The molecule has 4 rings (SSSR count). The molecule has 0 fully saturated rings. The van der Waals surface area contributed by atoms with E-state index in [2.05, 4.69) is 47.8 Å². The Morgan fingerprint density at radius 2 is 1.79 bits per heavy atom. The van der Waals surface area contributed by atoms with Gasteiger partial charge in [-0.05, 0) is 64.9 Å². The molecule has 140 valence electrons. The zero-order chi connectivity index (χ0) is 19.3. The van der Waals surface area contributed by atoms with E-state index in [0.29, 0.717) is 6.42 Å². The fraction of sp³-hybridized carbons (Fsp3) is 0.160. The molecule has 1 aliphatic rings. The van der Waals surface area contributed by atoms with Crippen LogP contribution in [0, 0.1) is 0 Å². The van der Waals surface area contributed by atoms with Crippen LogP contribution in [0.3, 0.4) is 0 Å². The summed E-state index contributed by atoms with van der Waals surface area (Å²) in [6.07, 6.45) is 7.00. The van der Waals surface area contributed by atoms with Gasteiger partial charge in [0.15, 0.2) is 0 Å². The van der Waals surface area contributed by atoms with Gasteiger partial charge in [0, 0.05) is 5.69 Å². The van der Waals surface area contributed by atoms with Crippen molar-refractivity contribution in [3.05, 3.63) is 89.5 Å². The maximum atomic E-state index is 12.3. The molecule has 28 heavy (non-hydrogen) atoms. The fourth-order valence-electron chi connectivity index (χ4n) is 3.59. The average Bonchev–Trinajstić information content (AvgIpc) is 2.74. The number of carbonyl (C=O) groups is 1. The van der Waals surface area contributed by atoms with Gasteiger partial charge in [-0.1, -0.05) is 54.6 Å². The molecule has 0 spiro atoms. The SMILES string of the molecule is COc1ccc(CC(=O)Nc2ccc(-c3cccc4c3C=CCC4)cc2)cc1. The molecule has 3 aromatic carbocycles. The summed E-state index contributed by atoms with van der Waals surface area (Å²) in [7, 11) is 1.63. The number of methoxy groups -OCH3 is 1. The van der Waals surface area contributed by atoms with Crippen molar-refractivity contribution in [1.29, 1.82) is 0 Å². The van der Waals surface area contributed by atoms with Crippen LogP contribution in [0.25, 0.3) is 17.2 Å². The molecule has 0 saturated carbocycles. The van der Waals surface area contributed by atoms with Gasteiger partial charge in [0.05, 0.1) is 13.5 Å². The Bertz CT molecular complexity index is 1000. The van der Waals surface area contributed by atoms with Crippen LogP contribution >= 0.6 is 0 Å². The lowest BCUT2D eigenvalue weighted by atomic mass is 9.90. The van der Waals surface area contributed by atoms with Gasteiger partial charge in [0.25, 0.3) is 0 Å². The Morgan fingerprint density at radius 1 is 1.00 bits per heavy atom. The lowest BCUT2D eigenvalue weighted by molar-refractivity contribution is -0.115. The molecule has 0 aliphatic heterocycles. The summed E-state index contributed by atoms with van der Waals surface area (Å²) >= 11 is 0. The summed E-state index contributed by atoms with van der Waals surface area (Å²) in [5.74, 6) is 0.760. The molecule has 0 aromatic heterocycles. The van der Waals surface area contributed by atoms with Crippen molar-refractivity contribution in [2.75, 3.05) is 12.4 Å². The van der Waals surface area contributed by atoms with E-state index in [1.807, 2.05) is 36.4 Å². The van der Waals surface area contributed by atoms with E-state index in [4.69, 9.17) is 4.74 Å². The highest BCUT2D eigenvalue weighted by Gasteiger charge is 2.11. The lowest BCUT2D eigenvalue weighted by Crippen LogP contribution is -2.14. The van der Waals surface area contributed by atoms with Crippen molar-refractivity contribution in [2.45, 2.75) is 19.3 Å². The summed E-state index contributed by atoms with van der Waals surface area (Å²) in [4.78, 5) is 12.3. The molecule has 3 heteroatoms. The molecule has 0 saturated heterocycles. The summed E-state index contributed by atoms with van der Waals surface area (Å²) in [6.45, 7) is 0. The zero-order valence-electron chi connectivity index (χ0n) is 15.9. The number of ether oxygens (including phenoxy) is 1. The minimum absolute atomic E-state index is 0.0297. The number of hydrogen-bond acceptors (Lipinski definition) is 2. The standard InChI is InChI=1S/C25H23NO2/c1-28-22-15-9-18(10-16-22)17-25(27)26-21-13-11-20(12-14-21)24-8-4-6-19-5-2-3-7-23(19)24/h3-4,6-16H,2,5,17H2,1H3,(H,26,27). The average molecular weight is 369 g/mol. The van der Waals surface area contributed by atoms with Crippen LogP contribution in [0.2, 0.25) is 0 Å². The first-order valence-corrected chi connectivity index (χ1v) is 9.54. The summed E-state index contributed by atoms with van der Waals surface area (Å²) in [5, 5.41) is 2.98. The first kappa shape index (κ1) is 18.1. The van der Waals surface area contributed by atoms with Crippen LogP contribution in [-0.4, -0.2) is 13.0 Å². The van der Waals surface area contributed by atoms with Crippen LogP contribution in [0.1, 0.15) is 23.1 Å². The third-order valence-corrected chi connectivity index (χ3v) is 5.06. The van der Waals surface area contributed by atoms with E-state index in [9.17, 15) is 4.79 Å². The molecule has 1 amide bonds. The topological polar surface area (TPSA) is 38.3 Å². The normalized spacial score (nSPS) is 12.3. The van der Waals surface area contributed by atoms with Crippen molar-refractivity contribution < 1.29 is 9.53 Å². The summed E-state index contributed by atoms with van der Waals surface area (Å²) < 4.78 is 5.15. The highest BCUT2D eigenvalue weighted by molar-refractivity contribution is 5.92. The lowest BCUT2D eigenvalue weighted by Gasteiger charge is -2.15. The highest BCUT2D eigenvalue weighted by atomic mass is 16.5. The van der Waals surface area contributed by atoms with Gasteiger partial charge in [-0.15, -0.1) is 0 Å². The Hall–Kier alpha value is -3.33. The molecule has 1 N–H and O–H groups in total. The molecule has 3 aromatic rings. The number of nitrogens with one attached hydrogen (secondary N) is 1. The second kappa shape index (κ2) is 8.13. The summed E-state index contributed by atoms with van der Waals surface area (Å²) in [6, 6.07) is 22.1. The van der Waals surface area contributed by atoms with Crippen LogP contribution in [0.15, 0.2) is 72.8 Å². The molecule has 0 heterocycles. The highest BCUT2D eigenvalue weighted by Crippen LogP contribution is 2.31. The van der Waals surface area contributed by atoms with E-state index in [-0.39, 0.29) is 5.91 Å². The minimum atomic E-state index is -0.0297. The van der Waals surface area contributed by atoms with Gasteiger partial charge in [-0.3, -0.25) is 4.79 Å². The number of allylic oxidation sites excluding steroid dienone is 1. The molecule has 0 radical (unpaired) electrons. The van der Waals surface area contributed by atoms with Crippen LogP contribution in [0.5, 0.6) is 5.75 Å². The first-order chi connectivity index (χ1) is 13.7. The summed E-state index contributed by atoms with van der Waals surface area (Å²) in [5.41, 5.74) is 6.88. The predicted molar refractivity (Wildman–Crippen MR) is 115 cm³/mol. The molecule has 0 bridgehead atoms. The largest absolute Gasteiger partial charge is 0.497 e. The van der Waals surface area contributed by atoms with Crippen molar-refractivity contribution in [2.24, 2.45) is 0 Å². The van der Waals surface area contributed by atoms with Gasteiger partial charge in [-0.25, -0.2) is 0 Å².